The van der Waals surface area contributed by atoms with E-state index in [4.69, 9.17) is 14.9 Å². The number of carboxylic acids is 1. The second-order valence-electron chi connectivity index (χ2n) is 2.99. The summed E-state index contributed by atoms with van der Waals surface area (Å²) >= 11 is 0. The zero-order chi connectivity index (χ0) is 12.1. The summed E-state index contributed by atoms with van der Waals surface area (Å²) in [4.78, 5) is 10.5. The van der Waals surface area contributed by atoms with Crippen LogP contribution in [0.2, 0.25) is 0 Å². The van der Waals surface area contributed by atoms with E-state index in [1.165, 1.54) is 6.07 Å². The van der Waals surface area contributed by atoms with E-state index in [2.05, 4.69) is 0 Å². The molecule has 0 spiro atoms. The molecule has 0 atom stereocenters. The number of halogens is 1. The third-order valence-electron chi connectivity index (χ3n) is 1.88. The van der Waals surface area contributed by atoms with Crippen LogP contribution in [0.3, 0.4) is 0 Å². The number of rotatable bonds is 5. The SMILES string of the molecule is O=C(O)c1ccc(B(O)OCCO)cc1F. The maximum Gasteiger partial charge on any atom is 0.491 e. The highest BCUT2D eigenvalue weighted by molar-refractivity contribution is 6.59. The Balaban J connectivity index is 2.84. The van der Waals surface area contributed by atoms with E-state index in [0.29, 0.717) is 0 Å². The Morgan fingerprint density at radius 3 is 2.69 bits per heavy atom. The highest BCUT2D eigenvalue weighted by Crippen LogP contribution is 2.05. The molecule has 5 nitrogen and oxygen atoms in total. The maximum absolute atomic E-state index is 13.2. The van der Waals surface area contributed by atoms with E-state index >= 15 is 0 Å². The third kappa shape index (κ3) is 3.03. The number of aromatic carboxylic acids is 1. The molecule has 0 bridgehead atoms. The molecule has 1 rings (SSSR count). The predicted molar refractivity (Wildman–Crippen MR) is 54.0 cm³/mol. The van der Waals surface area contributed by atoms with Crippen LogP contribution >= 0.6 is 0 Å². The minimum absolute atomic E-state index is 0.0935. The molecule has 3 N–H and O–H groups in total. The van der Waals surface area contributed by atoms with Crippen molar-refractivity contribution in [1.29, 1.82) is 0 Å². The first-order valence-electron chi connectivity index (χ1n) is 4.49. The Kier molecular flexibility index (Phi) is 4.42. The lowest BCUT2D eigenvalue weighted by Gasteiger charge is -2.07. The van der Waals surface area contributed by atoms with E-state index in [9.17, 15) is 14.2 Å². The van der Waals surface area contributed by atoms with E-state index in [1.807, 2.05) is 0 Å². The molecule has 1 aromatic rings. The van der Waals surface area contributed by atoms with Crippen molar-refractivity contribution in [2.75, 3.05) is 13.2 Å². The fourth-order valence-corrected chi connectivity index (χ4v) is 1.12. The van der Waals surface area contributed by atoms with Crippen molar-refractivity contribution >= 4 is 18.6 Å². The second-order valence-corrected chi connectivity index (χ2v) is 2.99. The molecule has 0 aliphatic carbocycles. The molecule has 0 unspecified atom stereocenters. The molecular formula is C9H10BFO5. The number of carboxylic acid groups (broad SMARTS) is 1. The Bertz CT molecular complexity index is 384. The number of hydrogen-bond donors (Lipinski definition) is 3. The number of benzene rings is 1. The lowest BCUT2D eigenvalue weighted by molar-refractivity contribution is 0.0692. The second kappa shape index (κ2) is 5.59. The molecule has 0 radical (unpaired) electrons. The van der Waals surface area contributed by atoms with Crippen molar-refractivity contribution in [2.24, 2.45) is 0 Å². The Labute approximate surface area is 91.2 Å². The monoisotopic (exact) mass is 228 g/mol. The molecule has 0 heterocycles. The molecule has 0 saturated heterocycles. The topological polar surface area (TPSA) is 87.0 Å². The Hall–Kier alpha value is -1.44. The molecular weight excluding hydrogens is 218 g/mol. The molecule has 0 aliphatic rings. The normalized spacial score (nSPS) is 10.2. The summed E-state index contributed by atoms with van der Waals surface area (Å²) < 4.78 is 17.9. The van der Waals surface area contributed by atoms with Crippen molar-refractivity contribution in [1.82, 2.24) is 0 Å². The van der Waals surface area contributed by atoms with Gasteiger partial charge in [-0.25, -0.2) is 9.18 Å². The minimum atomic E-state index is -1.38. The highest BCUT2D eigenvalue weighted by atomic mass is 19.1. The number of carbonyl (C=O) groups is 1. The van der Waals surface area contributed by atoms with Crippen LogP contribution in [-0.4, -0.2) is 41.5 Å². The minimum Gasteiger partial charge on any atom is -0.478 e. The highest BCUT2D eigenvalue weighted by Gasteiger charge is 2.19. The average molecular weight is 228 g/mol. The van der Waals surface area contributed by atoms with Crippen LogP contribution in [0.15, 0.2) is 18.2 Å². The van der Waals surface area contributed by atoms with Crippen LogP contribution in [0, 0.1) is 5.82 Å². The van der Waals surface area contributed by atoms with Crippen molar-refractivity contribution in [2.45, 2.75) is 0 Å². The molecule has 0 aliphatic heterocycles. The molecule has 0 amide bonds. The maximum atomic E-state index is 13.2. The first kappa shape index (κ1) is 12.6. The molecule has 0 aromatic heterocycles. The van der Waals surface area contributed by atoms with Gasteiger partial charge in [0.25, 0.3) is 0 Å². The summed E-state index contributed by atoms with van der Waals surface area (Å²) in [5.74, 6) is -2.33. The van der Waals surface area contributed by atoms with Gasteiger partial charge in [0.1, 0.15) is 5.82 Å². The van der Waals surface area contributed by atoms with Crippen LogP contribution in [0.25, 0.3) is 0 Å². The zero-order valence-electron chi connectivity index (χ0n) is 8.26. The molecule has 1 aromatic carbocycles. The van der Waals surface area contributed by atoms with Gasteiger partial charge in [-0.05, 0) is 17.6 Å². The Morgan fingerprint density at radius 2 is 2.19 bits per heavy atom. The molecule has 86 valence electrons. The third-order valence-corrected chi connectivity index (χ3v) is 1.88. The fourth-order valence-electron chi connectivity index (χ4n) is 1.12. The number of aliphatic hydroxyl groups is 1. The van der Waals surface area contributed by atoms with E-state index in [1.54, 1.807) is 0 Å². The first-order valence-corrected chi connectivity index (χ1v) is 4.49. The summed E-state index contributed by atoms with van der Waals surface area (Å²) in [6, 6.07) is 3.17. The van der Waals surface area contributed by atoms with E-state index in [-0.39, 0.29) is 18.7 Å². The lowest BCUT2D eigenvalue weighted by atomic mass is 9.79. The Morgan fingerprint density at radius 1 is 1.50 bits per heavy atom. The summed E-state index contributed by atoms with van der Waals surface area (Å²) in [5, 5.41) is 26.4. The van der Waals surface area contributed by atoms with Gasteiger partial charge in [-0.15, -0.1) is 0 Å². The quantitative estimate of drug-likeness (QED) is 0.575. The smallest absolute Gasteiger partial charge is 0.478 e. The number of hydrogen-bond acceptors (Lipinski definition) is 4. The van der Waals surface area contributed by atoms with Gasteiger partial charge in [-0.1, -0.05) is 6.07 Å². The van der Waals surface area contributed by atoms with Crippen LogP contribution in [0.5, 0.6) is 0 Å². The predicted octanol–water partition coefficient (Wildman–Crippen LogP) is -0.780. The first-order chi connectivity index (χ1) is 7.56. The van der Waals surface area contributed by atoms with Gasteiger partial charge in [0.05, 0.1) is 18.8 Å². The average Bonchev–Trinajstić information content (AvgIpc) is 2.25. The van der Waals surface area contributed by atoms with Crippen LogP contribution in [0.4, 0.5) is 4.39 Å². The van der Waals surface area contributed by atoms with Gasteiger partial charge < -0.3 is 19.9 Å². The van der Waals surface area contributed by atoms with Crippen LogP contribution in [-0.2, 0) is 4.65 Å². The van der Waals surface area contributed by atoms with E-state index in [0.717, 1.165) is 12.1 Å². The van der Waals surface area contributed by atoms with Gasteiger partial charge in [0.15, 0.2) is 0 Å². The largest absolute Gasteiger partial charge is 0.491 e. The van der Waals surface area contributed by atoms with Crippen molar-refractivity contribution < 1.29 is 29.1 Å². The zero-order valence-corrected chi connectivity index (χ0v) is 8.26. The summed E-state index contributed by atoms with van der Waals surface area (Å²) in [6.45, 7) is -0.365. The fraction of sp³-hybridized carbons (Fsp3) is 0.222. The van der Waals surface area contributed by atoms with Crippen LogP contribution < -0.4 is 5.46 Å². The van der Waals surface area contributed by atoms with Gasteiger partial charge in [0.2, 0.25) is 0 Å². The molecule has 0 saturated carbocycles. The van der Waals surface area contributed by atoms with Crippen molar-refractivity contribution in [3.63, 3.8) is 0 Å². The van der Waals surface area contributed by atoms with Crippen LogP contribution in [0.1, 0.15) is 10.4 Å². The standard InChI is InChI=1S/C9H10BFO5/c11-8-5-6(10(15)16-4-3-12)1-2-7(8)9(13)14/h1-2,5,12,15H,3-4H2,(H,13,14). The molecule has 16 heavy (non-hydrogen) atoms. The van der Waals surface area contributed by atoms with Gasteiger partial charge in [-0.2, -0.15) is 0 Å². The summed E-state index contributed by atoms with van der Waals surface area (Å²) in [5.41, 5.74) is -0.381. The van der Waals surface area contributed by atoms with Crippen molar-refractivity contribution in [3.05, 3.63) is 29.6 Å². The lowest BCUT2D eigenvalue weighted by Crippen LogP contribution is -2.35. The van der Waals surface area contributed by atoms with Gasteiger partial charge in [0, 0.05) is 0 Å². The van der Waals surface area contributed by atoms with Crippen molar-refractivity contribution in [3.8, 4) is 0 Å². The summed E-state index contributed by atoms with van der Waals surface area (Å²) in [6.07, 6.45) is 0. The number of aliphatic hydroxyl groups excluding tert-OH is 1. The van der Waals surface area contributed by atoms with Gasteiger partial charge in [-0.3, -0.25) is 0 Å². The molecule has 7 heteroatoms. The van der Waals surface area contributed by atoms with Gasteiger partial charge >= 0.3 is 13.1 Å². The summed E-state index contributed by atoms with van der Waals surface area (Å²) in [7, 11) is -1.38. The molecule has 0 fully saturated rings. The van der Waals surface area contributed by atoms with E-state index < -0.39 is 24.5 Å².